The Kier molecular flexibility index (Phi) is 5.42. The van der Waals surface area contributed by atoms with Crippen molar-refractivity contribution in [3.63, 3.8) is 0 Å². The maximum atomic E-state index is 13.0. The Morgan fingerprint density at radius 3 is 2.65 bits per heavy atom. The van der Waals surface area contributed by atoms with E-state index in [2.05, 4.69) is 0 Å². The third-order valence-corrected chi connectivity index (χ3v) is 4.18. The van der Waals surface area contributed by atoms with Gasteiger partial charge in [0.05, 0.1) is 17.9 Å². The number of fused-ring (bicyclic) bond motifs is 1. The van der Waals surface area contributed by atoms with Gasteiger partial charge in [-0.05, 0) is 25.8 Å². The summed E-state index contributed by atoms with van der Waals surface area (Å²) in [6.45, 7) is 7.05. The fraction of sp³-hybridized carbons (Fsp3) is 0.556. The van der Waals surface area contributed by atoms with Crippen molar-refractivity contribution in [3.05, 3.63) is 34.8 Å². The lowest BCUT2D eigenvalue weighted by molar-refractivity contribution is -0.146. The van der Waals surface area contributed by atoms with Gasteiger partial charge in [-0.3, -0.25) is 9.59 Å². The SMILES string of the molecule is CO[C@@H]1/C=C(\C)Cc2occ(C)c2C(=O)[C@@H](OC(C)=O)[C@@H](C)C1. The van der Waals surface area contributed by atoms with Crippen molar-refractivity contribution in [2.75, 3.05) is 7.11 Å². The molecular formula is C18H24O5. The molecule has 126 valence electrons. The number of rotatable bonds is 2. The van der Waals surface area contributed by atoms with Crippen LogP contribution in [0, 0.1) is 12.8 Å². The summed E-state index contributed by atoms with van der Waals surface area (Å²) < 4.78 is 16.4. The van der Waals surface area contributed by atoms with E-state index < -0.39 is 12.1 Å². The molecule has 0 N–H and O–H groups in total. The summed E-state index contributed by atoms with van der Waals surface area (Å²) in [5, 5.41) is 0. The summed E-state index contributed by atoms with van der Waals surface area (Å²) >= 11 is 0. The highest BCUT2D eigenvalue weighted by atomic mass is 16.5. The number of furan rings is 1. The van der Waals surface area contributed by atoms with Gasteiger partial charge >= 0.3 is 5.97 Å². The molecule has 1 aliphatic rings. The first-order valence-electron chi connectivity index (χ1n) is 7.82. The van der Waals surface area contributed by atoms with E-state index in [0.717, 1.165) is 11.1 Å². The molecule has 0 radical (unpaired) electrons. The van der Waals surface area contributed by atoms with Crippen LogP contribution in [0.1, 0.15) is 48.9 Å². The van der Waals surface area contributed by atoms with Crippen LogP contribution in [0.3, 0.4) is 0 Å². The van der Waals surface area contributed by atoms with Gasteiger partial charge in [-0.25, -0.2) is 0 Å². The minimum Gasteiger partial charge on any atom is -0.468 e. The molecule has 0 fully saturated rings. The molecule has 2 rings (SSSR count). The largest absolute Gasteiger partial charge is 0.468 e. The first-order valence-corrected chi connectivity index (χ1v) is 7.82. The number of methoxy groups -OCH3 is 1. The smallest absolute Gasteiger partial charge is 0.303 e. The average molecular weight is 320 g/mol. The molecule has 5 nitrogen and oxygen atoms in total. The zero-order chi connectivity index (χ0) is 17.1. The normalized spacial score (nSPS) is 27.8. The monoisotopic (exact) mass is 320 g/mol. The van der Waals surface area contributed by atoms with E-state index >= 15 is 0 Å². The second-order valence-electron chi connectivity index (χ2n) is 6.29. The van der Waals surface area contributed by atoms with Gasteiger partial charge in [0, 0.05) is 26.4 Å². The van der Waals surface area contributed by atoms with Crippen molar-refractivity contribution in [1.82, 2.24) is 0 Å². The molecule has 0 aliphatic heterocycles. The van der Waals surface area contributed by atoms with Gasteiger partial charge in [0.1, 0.15) is 5.76 Å². The van der Waals surface area contributed by atoms with Crippen molar-refractivity contribution in [3.8, 4) is 0 Å². The van der Waals surface area contributed by atoms with Crippen molar-refractivity contribution in [1.29, 1.82) is 0 Å². The molecule has 1 aliphatic carbocycles. The molecule has 0 saturated carbocycles. The lowest BCUT2D eigenvalue weighted by atomic mass is 9.87. The molecule has 3 atom stereocenters. The average Bonchev–Trinajstić information content (AvgIpc) is 2.82. The van der Waals surface area contributed by atoms with Gasteiger partial charge < -0.3 is 13.9 Å². The predicted molar refractivity (Wildman–Crippen MR) is 85.4 cm³/mol. The van der Waals surface area contributed by atoms with Gasteiger partial charge in [0.25, 0.3) is 0 Å². The standard InChI is InChI=1S/C18H24O5/c1-10-6-14(21-5)8-11(2)18(23-13(4)19)17(20)16-12(3)9-22-15(16)7-10/h6,9,11,14,18H,7-8H2,1-5H3/b10-6+/t11-,14+,18-/m0/s1. The molecule has 0 unspecified atom stereocenters. The number of ketones is 1. The summed E-state index contributed by atoms with van der Waals surface area (Å²) in [6, 6.07) is 0. The molecule has 1 heterocycles. The highest BCUT2D eigenvalue weighted by molar-refractivity contribution is 6.02. The second kappa shape index (κ2) is 7.13. The third-order valence-electron chi connectivity index (χ3n) is 4.18. The van der Waals surface area contributed by atoms with Crippen molar-refractivity contribution in [2.24, 2.45) is 5.92 Å². The number of hydrogen-bond donors (Lipinski definition) is 0. The number of Topliss-reactive ketones (excluding diaryl/α,β-unsaturated/α-hetero) is 1. The highest BCUT2D eigenvalue weighted by Crippen LogP contribution is 2.28. The molecular weight excluding hydrogens is 296 g/mol. The molecule has 1 aromatic heterocycles. The van der Waals surface area contributed by atoms with E-state index in [1.807, 2.05) is 26.8 Å². The Balaban J connectivity index is 2.50. The Hall–Kier alpha value is -1.88. The van der Waals surface area contributed by atoms with Gasteiger partial charge in [-0.2, -0.15) is 0 Å². The molecule has 0 saturated heterocycles. The molecule has 0 bridgehead atoms. The first kappa shape index (κ1) is 17.5. The van der Waals surface area contributed by atoms with Crippen LogP contribution in [-0.4, -0.2) is 31.1 Å². The Morgan fingerprint density at radius 1 is 1.35 bits per heavy atom. The second-order valence-corrected chi connectivity index (χ2v) is 6.29. The van der Waals surface area contributed by atoms with E-state index in [1.165, 1.54) is 6.92 Å². The molecule has 0 amide bonds. The van der Waals surface area contributed by atoms with Gasteiger partial charge in [0.15, 0.2) is 6.10 Å². The van der Waals surface area contributed by atoms with Crippen LogP contribution in [0.5, 0.6) is 0 Å². The molecule has 0 aromatic carbocycles. The number of aryl methyl sites for hydroxylation is 1. The van der Waals surface area contributed by atoms with Crippen LogP contribution in [0.15, 0.2) is 22.3 Å². The zero-order valence-electron chi connectivity index (χ0n) is 14.3. The van der Waals surface area contributed by atoms with Crippen LogP contribution < -0.4 is 0 Å². The quantitative estimate of drug-likeness (QED) is 0.618. The van der Waals surface area contributed by atoms with Crippen LogP contribution in [0.4, 0.5) is 0 Å². The van der Waals surface area contributed by atoms with Crippen molar-refractivity contribution >= 4 is 11.8 Å². The maximum Gasteiger partial charge on any atom is 0.303 e. The van der Waals surface area contributed by atoms with E-state index in [9.17, 15) is 9.59 Å². The number of allylic oxidation sites excluding steroid dienone is 1. The van der Waals surface area contributed by atoms with Crippen molar-refractivity contribution < 1.29 is 23.5 Å². The van der Waals surface area contributed by atoms with Gasteiger partial charge in [0.2, 0.25) is 5.78 Å². The highest BCUT2D eigenvalue weighted by Gasteiger charge is 2.34. The Bertz CT molecular complexity index is 625. The van der Waals surface area contributed by atoms with E-state index in [-0.39, 0.29) is 17.8 Å². The zero-order valence-corrected chi connectivity index (χ0v) is 14.3. The third kappa shape index (κ3) is 3.91. The molecule has 5 heteroatoms. The van der Waals surface area contributed by atoms with E-state index in [4.69, 9.17) is 13.9 Å². The number of hydrogen-bond acceptors (Lipinski definition) is 5. The van der Waals surface area contributed by atoms with Crippen LogP contribution >= 0.6 is 0 Å². The summed E-state index contributed by atoms with van der Waals surface area (Å²) in [4.78, 5) is 24.4. The topological polar surface area (TPSA) is 65.7 Å². The fourth-order valence-electron chi connectivity index (χ4n) is 3.06. The molecule has 23 heavy (non-hydrogen) atoms. The van der Waals surface area contributed by atoms with Crippen LogP contribution in [0.25, 0.3) is 0 Å². The number of carbonyl (C=O) groups is 2. The number of ether oxygens (including phenoxy) is 2. The Morgan fingerprint density at radius 2 is 2.04 bits per heavy atom. The van der Waals surface area contributed by atoms with Gasteiger partial charge in [-0.1, -0.05) is 18.6 Å². The summed E-state index contributed by atoms with van der Waals surface area (Å²) in [5.41, 5.74) is 2.39. The molecule has 1 aromatic rings. The van der Waals surface area contributed by atoms with Crippen molar-refractivity contribution in [2.45, 2.75) is 52.7 Å². The summed E-state index contributed by atoms with van der Waals surface area (Å²) in [6.07, 6.45) is 3.80. The minimum atomic E-state index is -0.827. The fourth-order valence-corrected chi connectivity index (χ4v) is 3.06. The maximum absolute atomic E-state index is 13.0. The minimum absolute atomic E-state index is 0.131. The predicted octanol–water partition coefficient (Wildman–Crippen LogP) is 3.25. The van der Waals surface area contributed by atoms with E-state index in [1.54, 1.807) is 13.4 Å². The van der Waals surface area contributed by atoms with Crippen LogP contribution in [-0.2, 0) is 20.7 Å². The molecule has 0 spiro atoms. The number of carbonyl (C=O) groups excluding carboxylic acids is 2. The van der Waals surface area contributed by atoms with Crippen LogP contribution in [0.2, 0.25) is 0 Å². The first-order chi connectivity index (χ1) is 10.8. The lowest BCUT2D eigenvalue weighted by Crippen LogP contribution is -2.35. The van der Waals surface area contributed by atoms with Gasteiger partial charge in [-0.15, -0.1) is 0 Å². The summed E-state index contributed by atoms with van der Waals surface area (Å²) in [7, 11) is 1.64. The Labute approximate surface area is 136 Å². The lowest BCUT2D eigenvalue weighted by Gasteiger charge is -2.26. The number of esters is 1. The summed E-state index contributed by atoms with van der Waals surface area (Å²) in [5.74, 6) is -0.211. The van der Waals surface area contributed by atoms with E-state index in [0.29, 0.717) is 24.2 Å².